The molecule has 2 rings (SSSR count). The van der Waals surface area contributed by atoms with E-state index in [1.165, 1.54) is 6.42 Å². The van der Waals surface area contributed by atoms with Crippen molar-refractivity contribution in [2.75, 3.05) is 19.4 Å². The third-order valence-corrected chi connectivity index (χ3v) is 3.11. The molecule has 3 nitrogen and oxygen atoms in total. The first-order chi connectivity index (χ1) is 7.22. The Bertz CT molecular complexity index is 362. The van der Waals surface area contributed by atoms with Gasteiger partial charge in [-0.2, -0.15) is 0 Å². The SMILES string of the molecule is COc1cc([C@H]2CCCN2)c(Cl)cc1N. The maximum absolute atomic E-state index is 6.16. The van der Waals surface area contributed by atoms with Crippen LogP contribution >= 0.6 is 11.6 Å². The predicted molar refractivity (Wildman–Crippen MR) is 62.4 cm³/mol. The van der Waals surface area contributed by atoms with E-state index in [0.29, 0.717) is 22.5 Å². The maximum atomic E-state index is 6.16. The molecule has 1 saturated heterocycles. The lowest BCUT2D eigenvalue weighted by atomic mass is 10.0. The van der Waals surface area contributed by atoms with E-state index >= 15 is 0 Å². The second-order valence-electron chi connectivity index (χ2n) is 3.76. The van der Waals surface area contributed by atoms with Crippen LogP contribution in [0.15, 0.2) is 12.1 Å². The molecule has 0 unspecified atom stereocenters. The van der Waals surface area contributed by atoms with Gasteiger partial charge in [0.1, 0.15) is 5.75 Å². The van der Waals surface area contributed by atoms with Crippen molar-refractivity contribution >= 4 is 17.3 Å². The summed E-state index contributed by atoms with van der Waals surface area (Å²) < 4.78 is 5.19. The van der Waals surface area contributed by atoms with Crippen molar-refractivity contribution in [3.05, 3.63) is 22.7 Å². The molecule has 1 fully saturated rings. The summed E-state index contributed by atoms with van der Waals surface area (Å²) in [6.07, 6.45) is 2.31. The van der Waals surface area contributed by atoms with Crippen LogP contribution in [0, 0.1) is 0 Å². The summed E-state index contributed by atoms with van der Waals surface area (Å²) in [5, 5.41) is 4.12. The van der Waals surface area contributed by atoms with Crippen LogP contribution in [0.1, 0.15) is 24.4 Å². The smallest absolute Gasteiger partial charge is 0.142 e. The number of nitrogens with two attached hydrogens (primary N) is 1. The van der Waals surface area contributed by atoms with Gasteiger partial charge in [0.15, 0.2) is 0 Å². The highest BCUT2D eigenvalue weighted by Crippen LogP contribution is 2.35. The van der Waals surface area contributed by atoms with E-state index in [-0.39, 0.29) is 0 Å². The van der Waals surface area contributed by atoms with E-state index in [1.807, 2.05) is 6.07 Å². The molecule has 1 aliphatic rings. The molecule has 1 atom stereocenters. The van der Waals surface area contributed by atoms with Crippen molar-refractivity contribution < 1.29 is 4.74 Å². The van der Waals surface area contributed by atoms with Crippen molar-refractivity contribution in [2.24, 2.45) is 0 Å². The maximum Gasteiger partial charge on any atom is 0.142 e. The number of anilines is 1. The number of nitrogens with one attached hydrogen (secondary N) is 1. The lowest BCUT2D eigenvalue weighted by Crippen LogP contribution is -2.13. The lowest BCUT2D eigenvalue weighted by molar-refractivity contribution is 0.415. The standard InChI is InChI=1S/C11H15ClN2O/c1-15-11-5-7(8(12)6-9(11)13)10-3-2-4-14-10/h5-6,10,14H,2-4,13H2,1H3/t10-/m1/s1. The van der Waals surface area contributed by atoms with Crippen LogP contribution in [0.5, 0.6) is 5.75 Å². The Balaban J connectivity index is 2.37. The van der Waals surface area contributed by atoms with Gasteiger partial charge in [-0.15, -0.1) is 0 Å². The minimum atomic E-state index is 0.340. The minimum Gasteiger partial charge on any atom is -0.495 e. The zero-order chi connectivity index (χ0) is 10.8. The van der Waals surface area contributed by atoms with Gasteiger partial charge in [-0.1, -0.05) is 11.6 Å². The van der Waals surface area contributed by atoms with Crippen LogP contribution in [-0.4, -0.2) is 13.7 Å². The Morgan fingerprint density at radius 2 is 2.33 bits per heavy atom. The molecular formula is C11H15ClN2O. The molecule has 1 aromatic rings. The number of nitrogen functional groups attached to an aromatic ring is 1. The molecule has 0 radical (unpaired) electrons. The topological polar surface area (TPSA) is 47.3 Å². The summed E-state index contributed by atoms with van der Waals surface area (Å²) in [5.41, 5.74) is 7.44. The number of ether oxygens (including phenoxy) is 1. The van der Waals surface area contributed by atoms with E-state index in [1.54, 1.807) is 13.2 Å². The highest BCUT2D eigenvalue weighted by Gasteiger charge is 2.20. The first-order valence-corrected chi connectivity index (χ1v) is 5.46. The van der Waals surface area contributed by atoms with Crippen LogP contribution in [0.3, 0.4) is 0 Å². The number of hydrogen-bond donors (Lipinski definition) is 2. The van der Waals surface area contributed by atoms with Gasteiger partial charge >= 0.3 is 0 Å². The van der Waals surface area contributed by atoms with E-state index in [9.17, 15) is 0 Å². The number of benzene rings is 1. The van der Waals surface area contributed by atoms with Crippen LogP contribution in [0.2, 0.25) is 5.02 Å². The summed E-state index contributed by atoms with van der Waals surface area (Å²) in [5.74, 6) is 0.697. The minimum absolute atomic E-state index is 0.340. The third-order valence-electron chi connectivity index (χ3n) is 2.78. The van der Waals surface area contributed by atoms with Gasteiger partial charge in [0.25, 0.3) is 0 Å². The van der Waals surface area contributed by atoms with Gasteiger partial charge in [0, 0.05) is 11.1 Å². The lowest BCUT2D eigenvalue weighted by Gasteiger charge is -2.15. The van der Waals surface area contributed by atoms with Crippen molar-refractivity contribution in [1.82, 2.24) is 5.32 Å². The van der Waals surface area contributed by atoms with Crippen LogP contribution in [0.25, 0.3) is 0 Å². The summed E-state index contributed by atoms with van der Waals surface area (Å²) >= 11 is 6.16. The molecule has 1 aromatic carbocycles. The highest BCUT2D eigenvalue weighted by molar-refractivity contribution is 6.31. The largest absolute Gasteiger partial charge is 0.495 e. The van der Waals surface area contributed by atoms with Crippen molar-refractivity contribution in [2.45, 2.75) is 18.9 Å². The highest BCUT2D eigenvalue weighted by atomic mass is 35.5. The Hall–Kier alpha value is -0.930. The number of halogens is 1. The molecular weight excluding hydrogens is 212 g/mol. The van der Waals surface area contributed by atoms with Crippen LogP contribution in [0.4, 0.5) is 5.69 Å². The van der Waals surface area contributed by atoms with Gasteiger partial charge < -0.3 is 15.8 Å². The first-order valence-electron chi connectivity index (χ1n) is 5.08. The van der Waals surface area contributed by atoms with Gasteiger partial charge in [0.2, 0.25) is 0 Å². The van der Waals surface area contributed by atoms with E-state index in [2.05, 4.69) is 5.32 Å². The number of hydrogen-bond acceptors (Lipinski definition) is 3. The summed E-state index contributed by atoms with van der Waals surface area (Å²) in [4.78, 5) is 0. The molecule has 0 bridgehead atoms. The molecule has 3 N–H and O–H groups in total. The van der Waals surface area contributed by atoms with E-state index in [4.69, 9.17) is 22.1 Å². The molecule has 15 heavy (non-hydrogen) atoms. The second-order valence-corrected chi connectivity index (χ2v) is 4.17. The zero-order valence-electron chi connectivity index (χ0n) is 8.72. The average molecular weight is 227 g/mol. The molecule has 0 aromatic heterocycles. The van der Waals surface area contributed by atoms with Gasteiger partial charge in [0.05, 0.1) is 12.8 Å². The molecule has 0 saturated carbocycles. The Morgan fingerprint density at radius 1 is 1.53 bits per heavy atom. The zero-order valence-corrected chi connectivity index (χ0v) is 9.47. The Morgan fingerprint density at radius 3 is 2.93 bits per heavy atom. The molecule has 0 aliphatic carbocycles. The summed E-state index contributed by atoms with van der Waals surface area (Å²) in [7, 11) is 1.62. The molecule has 1 aliphatic heterocycles. The molecule has 1 heterocycles. The second kappa shape index (κ2) is 4.29. The summed E-state index contributed by atoms with van der Waals surface area (Å²) in [6, 6.07) is 4.03. The fraction of sp³-hybridized carbons (Fsp3) is 0.455. The monoisotopic (exact) mass is 226 g/mol. The number of methoxy groups -OCH3 is 1. The van der Waals surface area contributed by atoms with E-state index in [0.717, 1.165) is 18.5 Å². The van der Waals surface area contributed by atoms with Gasteiger partial charge in [-0.3, -0.25) is 0 Å². The van der Waals surface area contributed by atoms with E-state index < -0.39 is 0 Å². The normalized spacial score (nSPS) is 20.5. The predicted octanol–water partition coefficient (Wildman–Crippen LogP) is 2.36. The fourth-order valence-corrected chi connectivity index (χ4v) is 2.28. The Labute approximate surface area is 94.6 Å². The van der Waals surface area contributed by atoms with Gasteiger partial charge in [-0.05, 0) is 37.1 Å². The Kier molecular flexibility index (Phi) is 3.03. The van der Waals surface area contributed by atoms with Crippen molar-refractivity contribution in [1.29, 1.82) is 0 Å². The quantitative estimate of drug-likeness (QED) is 0.762. The van der Waals surface area contributed by atoms with Crippen LogP contribution in [-0.2, 0) is 0 Å². The fourth-order valence-electron chi connectivity index (χ4n) is 1.98. The molecule has 4 heteroatoms. The van der Waals surface area contributed by atoms with Crippen molar-refractivity contribution in [3.63, 3.8) is 0 Å². The first kappa shape index (κ1) is 10.6. The summed E-state index contributed by atoms with van der Waals surface area (Å²) in [6.45, 7) is 1.05. The number of rotatable bonds is 2. The third kappa shape index (κ3) is 2.03. The van der Waals surface area contributed by atoms with Crippen LogP contribution < -0.4 is 15.8 Å². The average Bonchev–Trinajstić information content (AvgIpc) is 2.71. The molecule has 0 spiro atoms. The molecule has 82 valence electrons. The van der Waals surface area contributed by atoms with Crippen molar-refractivity contribution in [3.8, 4) is 5.75 Å². The molecule has 0 amide bonds. The van der Waals surface area contributed by atoms with Gasteiger partial charge in [-0.25, -0.2) is 0 Å².